The molecule has 0 spiro atoms. The molecule has 1 atom stereocenters. The minimum atomic E-state index is -0.409. The van der Waals surface area contributed by atoms with E-state index in [2.05, 4.69) is 43.1 Å². The third-order valence-electron chi connectivity index (χ3n) is 9.08. The van der Waals surface area contributed by atoms with Crippen LogP contribution in [-0.2, 0) is 11.2 Å². The van der Waals surface area contributed by atoms with Crippen LogP contribution < -0.4 is 24.0 Å². The van der Waals surface area contributed by atoms with Crippen molar-refractivity contribution in [2.45, 2.75) is 64.1 Å². The van der Waals surface area contributed by atoms with Crippen LogP contribution in [0.2, 0.25) is 5.02 Å². The largest absolute Gasteiger partial charge is 0.494 e. The van der Waals surface area contributed by atoms with Crippen molar-refractivity contribution in [2.75, 3.05) is 51.7 Å². The molecule has 44 heavy (non-hydrogen) atoms. The number of methoxy groups -OCH3 is 2. The van der Waals surface area contributed by atoms with Gasteiger partial charge in [0.2, 0.25) is 5.91 Å². The molecule has 5 rings (SSSR count). The van der Waals surface area contributed by atoms with Crippen molar-refractivity contribution in [1.29, 1.82) is 0 Å². The van der Waals surface area contributed by atoms with E-state index >= 15 is 0 Å². The van der Waals surface area contributed by atoms with E-state index < -0.39 is 6.04 Å². The van der Waals surface area contributed by atoms with Gasteiger partial charge in [0.05, 0.1) is 38.5 Å². The molecule has 3 aromatic carbocycles. The lowest BCUT2D eigenvalue weighted by molar-refractivity contribution is -0.118. The molecule has 0 bridgehead atoms. The maximum Gasteiger partial charge on any atom is 0.232 e. The summed E-state index contributed by atoms with van der Waals surface area (Å²) in [5.41, 5.74) is 4.65. The van der Waals surface area contributed by atoms with Gasteiger partial charge in [0.25, 0.3) is 0 Å². The summed E-state index contributed by atoms with van der Waals surface area (Å²) in [6.07, 6.45) is 5.16. The SMILES string of the molecule is COc1cc2c(cc1OC(C)C)[C@H](c1ccc(Cl)cc1)N(c1ccc(N(C)CC3CCC(N(C)C)CC3)cc1OC)C(=O)C2. The Bertz CT molecular complexity index is 1450. The number of carbonyl (C=O) groups is 1. The van der Waals surface area contributed by atoms with Gasteiger partial charge in [0.1, 0.15) is 5.75 Å². The van der Waals surface area contributed by atoms with Crippen molar-refractivity contribution in [3.05, 3.63) is 76.3 Å². The maximum absolute atomic E-state index is 14.1. The second-order valence-corrected chi connectivity index (χ2v) is 13.1. The van der Waals surface area contributed by atoms with Gasteiger partial charge in [-0.2, -0.15) is 0 Å². The molecular formula is C36H46ClN3O4. The first-order valence-electron chi connectivity index (χ1n) is 15.6. The highest BCUT2D eigenvalue weighted by Crippen LogP contribution is 2.46. The van der Waals surface area contributed by atoms with Gasteiger partial charge in [-0.3, -0.25) is 9.69 Å². The smallest absolute Gasteiger partial charge is 0.232 e. The zero-order valence-corrected chi connectivity index (χ0v) is 27.9. The van der Waals surface area contributed by atoms with Crippen molar-refractivity contribution in [3.8, 4) is 17.2 Å². The summed E-state index contributed by atoms with van der Waals surface area (Å²) in [6, 6.07) is 18.1. The highest BCUT2D eigenvalue weighted by molar-refractivity contribution is 6.30. The first-order valence-corrected chi connectivity index (χ1v) is 16.0. The molecule has 0 aromatic heterocycles. The summed E-state index contributed by atoms with van der Waals surface area (Å²) in [7, 11) is 9.81. The fourth-order valence-corrected chi connectivity index (χ4v) is 6.87. The summed E-state index contributed by atoms with van der Waals surface area (Å²) in [5, 5.41) is 0.640. The zero-order valence-electron chi connectivity index (χ0n) is 27.1. The van der Waals surface area contributed by atoms with Crippen molar-refractivity contribution < 1.29 is 19.0 Å². The molecular weight excluding hydrogens is 574 g/mol. The van der Waals surface area contributed by atoms with Crippen molar-refractivity contribution in [2.24, 2.45) is 5.92 Å². The van der Waals surface area contributed by atoms with Gasteiger partial charge in [-0.1, -0.05) is 23.7 Å². The summed E-state index contributed by atoms with van der Waals surface area (Å²) in [6.45, 7) is 4.97. The predicted molar refractivity (Wildman–Crippen MR) is 179 cm³/mol. The summed E-state index contributed by atoms with van der Waals surface area (Å²) in [5.74, 6) is 2.57. The Morgan fingerprint density at radius 1 is 0.886 bits per heavy atom. The highest BCUT2D eigenvalue weighted by Gasteiger charge is 2.37. The van der Waals surface area contributed by atoms with Gasteiger partial charge in [-0.25, -0.2) is 0 Å². The van der Waals surface area contributed by atoms with Crippen LogP contribution in [0.4, 0.5) is 11.4 Å². The van der Waals surface area contributed by atoms with Gasteiger partial charge in [-0.05, 0) is 113 Å². The number of fused-ring (bicyclic) bond motifs is 1. The lowest BCUT2D eigenvalue weighted by Gasteiger charge is -2.39. The second-order valence-electron chi connectivity index (χ2n) is 12.6. The van der Waals surface area contributed by atoms with Crippen LogP contribution in [0.5, 0.6) is 17.2 Å². The molecule has 236 valence electrons. The number of halogens is 1. The van der Waals surface area contributed by atoms with Crippen LogP contribution in [0.25, 0.3) is 0 Å². The molecule has 7 nitrogen and oxygen atoms in total. The third-order valence-corrected chi connectivity index (χ3v) is 9.33. The van der Waals surface area contributed by atoms with E-state index in [0.717, 1.165) is 34.6 Å². The number of amides is 1. The van der Waals surface area contributed by atoms with Gasteiger partial charge in [-0.15, -0.1) is 0 Å². The van der Waals surface area contributed by atoms with Crippen LogP contribution in [-0.4, -0.2) is 64.9 Å². The van der Waals surface area contributed by atoms with Crippen molar-refractivity contribution in [1.82, 2.24) is 4.90 Å². The molecule has 1 aliphatic heterocycles. The Morgan fingerprint density at radius 2 is 1.57 bits per heavy atom. The molecule has 0 radical (unpaired) electrons. The van der Waals surface area contributed by atoms with E-state index in [9.17, 15) is 4.79 Å². The van der Waals surface area contributed by atoms with Gasteiger partial charge >= 0.3 is 0 Å². The highest BCUT2D eigenvalue weighted by atomic mass is 35.5. The van der Waals surface area contributed by atoms with Crippen LogP contribution in [0, 0.1) is 5.92 Å². The predicted octanol–water partition coefficient (Wildman–Crippen LogP) is 7.38. The monoisotopic (exact) mass is 619 g/mol. The van der Waals surface area contributed by atoms with E-state index in [4.69, 9.17) is 25.8 Å². The number of hydrogen-bond acceptors (Lipinski definition) is 6. The number of ether oxygens (including phenoxy) is 3. The zero-order chi connectivity index (χ0) is 31.5. The van der Waals surface area contributed by atoms with E-state index in [0.29, 0.717) is 34.2 Å². The summed E-state index contributed by atoms with van der Waals surface area (Å²) < 4.78 is 17.8. The Morgan fingerprint density at radius 3 is 2.18 bits per heavy atom. The number of hydrogen-bond donors (Lipinski definition) is 0. The van der Waals surface area contributed by atoms with Crippen molar-refractivity contribution >= 4 is 28.9 Å². The lowest BCUT2D eigenvalue weighted by atomic mass is 9.85. The molecule has 0 unspecified atom stereocenters. The minimum Gasteiger partial charge on any atom is -0.494 e. The molecule has 0 N–H and O–H groups in total. The molecule has 1 fully saturated rings. The van der Waals surface area contributed by atoms with Crippen LogP contribution in [0.3, 0.4) is 0 Å². The van der Waals surface area contributed by atoms with Gasteiger partial charge in [0.15, 0.2) is 11.5 Å². The molecule has 1 aliphatic carbocycles. The first kappa shape index (κ1) is 32.0. The standard InChI is InChI=1S/C36H46ClN3O4/c1-23(2)44-34-21-30-26(18-33(34)43-7)19-35(41)40(36(30)25-10-12-27(37)13-11-25)31-17-16-29(20-32(31)42-6)39(5)22-24-8-14-28(15-9-24)38(3)4/h10-13,16-18,20-21,23-24,28,36H,8-9,14-15,19,22H2,1-7H3/t24?,28?,36-/m0/s1. The third kappa shape index (κ3) is 6.79. The summed E-state index contributed by atoms with van der Waals surface area (Å²) >= 11 is 6.30. The van der Waals surface area contributed by atoms with Crippen LogP contribution >= 0.6 is 11.6 Å². The number of anilines is 2. The average Bonchev–Trinajstić information content (AvgIpc) is 3.00. The number of rotatable bonds is 10. The molecule has 1 heterocycles. The number of carbonyl (C=O) groups excluding carboxylic acids is 1. The molecule has 1 amide bonds. The molecule has 3 aromatic rings. The van der Waals surface area contributed by atoms with Crippen LogP contribution in [0.15, 0.2) is 54.6 Å². The topological polar surface area (TPSA) is 54.5 Å². The molecule has 8 heteroatoms. The van der Waals surface area contributed by atoms with Gasteiger partial charge < -0.3 is 24.0 Å². The average molecular weight is 620 g/mol. The Hall–Kier alpha value is -3.42. The number of nitrogens with zero attached hydrogens (tertiary/aromatic N) is 3. The van der Waals surface area contributed by atoms with E-state index in [1.54, 1.807) is 14.2 Å². The lowest BCUT2D eigenvalue weighted by Crippen LogP contribution is -2.41. The summed E-state index contributed by atoms with van der Waals surface area (Å²) in [4.78, 5) is 20.6. The van der Waals surface area contributed by atoms with Crippen molar-refractivity contribution in [3.63, 3.8) is 0 Å². The maximum atomic E-state index is 14.1. The van der Waals surface area contributed by atoms with Crippen LogP contribution in [0.1, 0.15) is 62.3 Å². The number of benzene rings is 3. The van der Waals surface area contributed by atoms with E-state index in [1.165, 1.54) is 25.7 Å². The Kier molecular flexibility index (Phi) is 9.96. The quantitative estimate of drug-likeness (QED) is 0.236. The molecule has 0 saturated heterocycles. The Labute approximate surface area is 267 Å². The normalized spacial score (nSPS) is 20.1. The Balaban J connectivity index is 1.51. The molecule has 1 saturated carbocycles. The second kappa shape index (κ2) is 13.7. The minimum absolute atomic E-state index is 0.0194. The molecule has 2 aliphatic rings. The van der Waals surface area contributed by atoms with Gasteiger partial charge in [0, 0.05) is 36.4 Å². The first-order chi connectivity index (χ1) is 21.1. The fraction of sp³-hybridized carbons (Fsp3) is 0.472. The van der Waals surface area contributed by atoms with E-state index in [1.807, 2.05) is 61.2 Å². The van der Waals surface area contributed by atoms with E-state index in [-0.39, 0.29) is 18.4 Å². The fourth-order valence-electron chi connectivity index (χ4n) is 6.75.